The normalized spacial score (nSPS) is 35.9. The molecule has 2 bridgehead atoms. The molecule has 0 aliphatic heterocycles. The average Bonchev–Trinajstić information content (AvgIpc) is 2.75. The van der Waals surface area contributed by atoms with Gasteiger partial charge in [-0.15, -0.1) is 0 Å². The number of hydrogen-bond donors (Lipinski definition) is 1. The molecule has 0 radical (unpaired) electrons. The van der Waals surface area contributed by atoms with E-state index in [2.05, 4.69) is 0 Å². The highest BCUT2D eigenvalue weighted by atomic mass is 16.5. The highest BCUT2D eigenvalue weighted by molar-refractivity contribution is 6.14. The number of hydrogen-bond acceptors (Lipinski definition) is 4. The third-order valence-electron chi connectivity index (χ3n) is 5.23. The number of aliphatic hydroxyl groups is 1. The second-order valence-corrected chi connectivity index (χ2v) is 6.43. The van der Waals surface area contributed by atoms with Crippen LogP contribution in [-0.4, -0.2) is 29.4 Å². The van der Waals surface area contributed by atoms with Crippen molar-refractivity contribution >= 4 is 11.6 Å². The van der Waals surface area contributed by atoms with Crippen LogP contribution in [0.25, 0.3) is 0 Å². The van der Waals surface area contributed by atoms with E-state index in [4.69, 9.17) is 4.74 Å². The van der Waals surface area contributed by atoms with E-state index in [1.165, 1.54) is 7.11 Å². The van der Waals surface area contributed by atoms with Crippen LogP contribution in [0.4, 0.5) is 0 Å². The summed E-state index contributed by atoms with van der Waals surface area (Å²) in [7, 11) is 1.53. The third kappa shape index (κ3) is 1.34. The molecule has 0 unspecified atom stereocenters. The summed E-state index contributed by atoms with van der Waals surface area (Å²) in [5.41, 5.74) is 0.298. The molecule has 0 saturated heterocycles. The van der Waals surface area contributed by atoms with Crippen LogP contribution in [-0.2, 0) is 16.6 Å². The Hall–Kier alpha value is -1.94. The lowest BCUT2D eigenvalue weighted by Gasteiger charge is -2.45. The van der Waals surface area contributed by atoms with Crippen LogP contribution < -0.4 is 4.74 Å². The van der Waals surface area contributed by atoms with Crippen LogP contribution in [0.1, 0.15) is 34.8 Å². The zero-order chi connectivity index (χ0) is 15.0. The summed E-state index contributed by atoms with van der Waals surface area (Å²) in [4.78, 5) is 25.4. The summed E-state index contributed by atoms with van der Waals surface area (Å²) >= 11 is 0. The van der Waals surface area contributed by atoms with Gasteiger partial charge in [0.25, 0.3) is 0 Å². The molecule has 3 atom stereocenters. The van der Waals surface area contributed by atoms with Gasteiger partial charge in [-0.2, -0.15) is 0 Å². The van der Waals surface area contributed by atoms with Crippen molar-refractivity contribution in [3.63, 3.8) is 0 Å². The van der Waals surface area contributed by atoms with Gasteiger partial charge < -0.3 is 9.84 Å². The predicted octanol–water partition coefficient (Wildman–Crippen LogP) is 1.58. The highest BCUT2D eigenvalue weighted by Crippen LogP contribution is 2.54. The SMILES string of the molecule is COc1ccc2c3c1C(=O)C[C@@]31C=C[C@](C)(O)[C@@H](C2)C1=O. The number of ether oxygens (including phenoxy) is 1. The molecule has 1 N–H and O–H groups in total. The Kier molecular flexibility index (Phi) is 2.21. The van der Waals surface area contributed by atoms with Crippen molar-refractivity contribution < 1.29 is 19.4 Å². The Morgan fingerprint density at radius 3 is 2.76 bits per heavy atom. The molecule has 108 valence electrons. The lowest BCUT2D eigenvalue weighted by Crippen LogP contribution is -2.54. The minimum Gasteiger partial charge on any atom is -0.496 e. The lowest BCUT2D eigenvalue weighted by molar-refractivity contribution is -0.135. The summed E-state index contributed by atoms with van der Waals surface area (Å²) in [6, 6.07) is 3.70. The number of ketones is 2. The molecular formula is C17H16O4. The third-order valence-corrected chi connectivity index (χ3v) is 5.23. The van der Waals surface area contributed by atoms with Gasteiger partial charge in [0, 0.05) is 6.42 Å². The van der Waals surface area contributed by atoms with Gasteiger partial charge in [0.05, 0.1) is 29.6 Å². The van der Waals surface area contributed by atoms with Crippen LogP contribution in [0, 0.1) is 5.92 Å². The number of methoxy groups -OCH3 is 1. The van der Waals surface area contributed by atoms with E-state index in [0.29, 0.717) is 17.7 Å². The van der Waals surface area contributed by atoms with Gasteiger partial charge in [-0.05, 0) is 30.5 Å². The first-order valence-electron chi connectivity index (χ1n) is 7.11. The molecular weight excluding hydrogens is 268 g/mol. The molecule has 0 fully saturated rings. The van der Waals surface area contributed by atoms with Crippen LogP contribution in [0.2, 0.25) is 0 Å². The molecule has 4 heteroatoms. The molecule has 0 amide bonds. The maximum Gasteiger partial charge on any atom is 0.168 e. The second kappa shape index (κ2) is 3.63. The van der Waals surface area contributed by atoms with E-state index in [-0.39, 0.29) is 18.0 Å². The number of allylic oxidation sites excluding steroid dienone is 1. The summed E-state index contributed by atoms with van der Waals surface area (Å²) < 4.78 is 5.30. The number of benzene rings is 1. The van der Waals surface area contributed by atoms with E-state index in [9.17, 15) is 14.7 Å². The van der Waals surface area contributed by atoms with E-state index < -0.39 is 16.9 Å². The fourth-order valence-corrected chi connectivity index (χ4v) is 4.14. The zero-order valence-corrected chi connectivity index (χ0v) is 12.0. The number of fused-ring (bicyclic) bond motifs is 1. The van der Waals surface area contributed by atoms with Crippen molar-refractivity contribution in [2.75, 3.05) is 7.11 Å². The first kappa shape index (κ1) is 12.8. The lowest BCUT2D eigenvalue weighted by atomic mass is 9.58. The zero-order valence-electron chi connectivity index (χ0n) is 12.0. The first-order valence-corrected chi connectivity index (χ1v) is 7.11. The van der Waals surface area contributed by atoms with Crippen LogP contribution in [0.5, 0.6) is 5.75 Å². The van der Waals surface area contributed by atoms with E-state index in [1.807, 2.05) is 6.07 Å². The van der Waals surface area contributed by atoms with Crippen molar-refractivity contribution in [2.45, 2.75) is 30.8 Å². The van der Waals surface area contributed by atoms with Gasteiger partial charge in [0.2, 0.25) is 0 Å². The summed E-state index contributed by atoms with van der Waals surface area (Å²) in [6.45, 7) is 1.66. The molecule has 0 heterocycles. The van der Waals surface area contributed by atoms with Crippen molar-refractivity contribution in [3.05, 3.63) is 41.0 Å². The topological polar surface area (TPSA) is 63.6 Å². The maximum atomic E-state index is 12.9. The van der Waals surface area contributed by atoms with Gasteiger partial charge in [0.1, 0.15) is 5.75 Å². The molecule has 1 aromatic carbocycles. The maximum absolute atomic E-state index is 12.9. The molecule has 1 spiro atoms. The fraction of sp³-hybridized carbons (Fsp3) is 0.412. The molecule has 3 aliphatic rings. The highest BCUT2D eigenvalue weighted by Gasteiger charge is 2.59. The smallest absolute Gasteiger partial charge is 0.168 e. The quantitative estimate of drug-likeness (QED) is 0.795. The molecule has 4 nitrogen and oxygen atoms in total. The van der Waals surface area contributed by atoms with Gasteiger partial charge >= 0.3 is 0 Å². The van der Waals surface area contributed by atoms with Gasteiger partial charge in [-0.3, -0.25) is 9.59 Å². The van der Waals surface area contributed by atoms with Crippen molar-refractivity contribution in [1.29, 1.82) is 0 Å². The van der Waals surface area contributed by atoms with E-state index >= 15 is 0 Å². The molecule has 0 saturated carbocycles. The summed E-state index contributed by atoms with van der Waals surface area (Å²) in [5, 5.41) is 10.5. The molecule has 0 aromatic heterocycles. The minimum absolute atomic E-state index is 0.0390. The van der Waals surface area contributed by atoms with Crippen molar-refractivity contribution in [1.82, 2.24) is 0 Å². The second-order valence-electron chi connectivity index (χ2n) is 6.43. The Morgan fingerprint density at radius 1 is 1.29 bits per heavy atom. The standard InChI is InChI=1S/C17H16O4/c1-16(20)5-6-17-8-11(18)13-12(21-2)4-3-9(14(13)17)7-10(16)15(17)19/h3-6,10,20H,7-8H2,1-2H3/t10-,16-,17-/m0/s1. The number of carbonyl (C=O) groups excluding carboxylic acids is 2. The summed E-state index contributed by atoms with van der Waals surface area (Å²) in [6.07, 6.45) is 4.04. The summed E-state index contributed by atoms with van der Waals surface area (Å²) in [5.74, 6) is -0.0403. The van der Waals surface area contributed by atoms with Crippen LogP contribution in [0.3, 0.4) is 0 Å². The Morgan fingerprint density at radius 2 is 2.05 bits per heavy atom. The minimum atomic E-state index is -1.15. The largest absolute Gasteiger partial charge is 0.496 e. The van der Waals surface area contributed by atoms with Crippen LogP contribution >= 0.6 is 0 Å². The van der Waals surface area contributed by atoms with E-state index in [0.717, 1.165) is 11.1 Å². The molecule has 1 aromatic rings. The Bertz CT molecular complexity index is 729. The van der Waals surface area contributed by atoms with Gasteiger partial charge in [-0.25, -0.2) is 0 Å². The average molecular weight is 284 g/mol. The fourth-order valence-electron chi connectivity index (χ4n) is 4.14. The van der Waals surface area contributed by atoms with Crippen molar-refractivity contribution in [2.24, 2.45) is 5.92 Å². The number of rotatable bonds is 1. The Labute approximate surface area is 122 Å². The van der Waals surface area contributed by atoms with Gasteiger partial charge in [0.15, 0.2) is 11.6 Å². The number of carbonyl (C=O) groups is 2. The van der Waals surface area contributed by atoms with Crippen LogP contribution in [0.15, 0.2) is 24.3 Å². The number of Topliss-reactive ketones (excluding diaryl/α,β-unsaturated/α-hetero) is 2. The Balaban J connectivity index is 2.08. The van der Waals surface area contributed by atoms with E-state index in [1.54, 1.807) is 25.1 Å². The molecule has 21 heavy (non-hydrogen) atoms. The first-order chi connectivity index (χ1) is 9.90. The van der Waals surface area contributed by atoms with Gasteiger partial charge in [-0.1, -0.05) is 18.2 Å². The molecule has 3 aliphatic carbocycles. The molecule has 4 rings (SSSR count). The predicted molar refractivity (Wildman–Crippen MR) is 75.6 cm³/mol. The monoisotopic (exact) mass is 284 g/mol. The van der Waals surface area contributed by atoms with Crippen molar-refractivity contribution in [3.8, 4) is 5.75 Å².